The van der Waals surface area contributed by atoms with E-state index in [0.717, 1.165) is 11.5 Å². The van der Waals surface area contributed by atoms with Crippen LogP contribution in [0, 0.1) is 5.92 Å². The van der Waals surface area contributed by atoms with Gasteiger partial charge in [0.25, 0.3) is 5.88 Å². The Kier molecular flexibility index (Phi) is 5.83. The Balaban J connectivity index is 2.84. The minimum atomic E-state index is -3.57. The second-order valence-electron chi connectivity index (χ2n) is 4.30. The molecule has 0 radical (unpaired) electrons. The maximum Gasteiger partial charge on any atom is 0.532 e. The molecular weight excluding hydrogens is 267 g/mol. The van der Waals surface area contributed by atoms with E-state index in [1.807, 2.05) is 20.8 Å². The van der Waals surface area contributed by atoms with Gasteiger partial charge in [0.05, 0.1) is 25.2 Å². The molecule has 0 fully saturated rings. The molecule has 1 aliphatic rings. The van der Waals surface area contributed by atoms with Gasteiger partial charge in [-0.3, -0.25) is 9.05 Å². The van der Waals surface area contributed by atoms with Crippen LogP contribution in [0.4, 0.5) is 0 Å². The van der Waals surface area contributed by atoms with Gasteiger partial charge in [0.1, 0.15) is 0 Å². The number of rotatable bonds is 7. The summed E-state index contributed by atoms with van der Waals surface area (Å²) in [5, 5.41) is 2.99. The van der Waals surface area contributed by atoms with Crippen LogP contribution in [0.25, 0.3) is 0 Å². The first-order valence-electron chi connectivity index (χ1n) is 6.39. The molecule has 0 spiro atoms. The standard InChI is InChI=1S/C12H21N2O4P/c1-6-16-19(15,17-7-2)18-11-8-10(5)13-12(14-11)9(3)4/h8-9H,6-7H2,1-5H3/p+1. The zero-order valence-corrected chi connectivity index (χ0v) is 13.0. The van der Waals surface area contributed by atoms with Crippen molar-refractivity contribution in [3.63, 3.8) is 0 Å². The van der Waals surface area contributed by atoms with Gasteiger partial charge in [0.2, 0.25) is 5.71 Å². The Morgan fingerprint density at radius 2 is 1.89 bits per heavy atom. The fraction of sp³-hybridized carbons (Fsp3) is 0.667. The molecule has 1 aliphatic heterocycles. The third-order valence-corrected chi connectivity index (χ3v) is 3.79. The molecule has 0 bridgehead atoms. The third kappa shape index (κ3) is 4.84. The Labute approximate surface area is 114 Å². The largest absolute Gasteiger partial charge is 0.532 e. The van der Waals surface area contributed by atoms with Gasteiger partial charge in [-0.05, 0) is 27.7 Å². The van der Waals surface area contributed by atoms with E-state index in [4.69, 9.17) is 13.6 Å². The summed E-state index contributed by atoms with van der Waals surface area (Å²) in [4.78, 5) is 0. The molecule has 1 N–H and O–H groups in total. The summed E-state index contributed by atoms with van der Waals surface area (Å²) in [6.45, 7) is 9.82. The minimum Gasteiger partial charge on any atom is -0.367 e. The molecule has 1 rings (SSSR count). The molecule has 0 amide bonds. The van der Waals surface area contributed by atoms with Gasteiger partial charge in [-0.15, -0.1) is 0 Å². The molecule has 0 saturated carbocycles. The van der Waals surface area contributed by atoms with E-state index in [9.17, 15) is 4.57 Å². The van der Waals surface area contributed by atoms with Crippen molar-refractivity contribution in [1.82, 2.24) is 9.98 Å². The molecule has 0 aromatic rings. The zero-order chi connectivity index (χ0) is 14.5. The van der Waals surface area contributed by atoms with Crippen LogP contribution >= 0.6 is 7.82 Å². The van der Waals surface area contributed by atoms with Gasteiger partial charge in [-0.2, -0.15) is 5.32 Å². The highest BCUT2D eigenvalue weighted by molar-refractivity contribution is 7.48. The number of amidine groups is 1. The Hall–Kier alpha value is -1.06. The minimum absolute atomic E-state index is 0.209. The lowest BCUT2D eigenvalue weighted by Crippen LogP contribution is -2.34. The Bertz CT molecular complexity index is 454. The molecule has 0 atom stereocenters. The first kappa shape index (κ1) is 16.0. The predicted octanol–water partition coefficient (Wildman–Crippen LogP) is 2.21. The number of phosphoric acid groups is 1. The number of nitrogens with zero attached hydrogens (tertiary/aromatic N) is 1. The lowest BCUT2D eigenvalue weighted by molar-refractivity contribution is 0.142. The van der Waals surface area contributed by atoms with E-state index < -0.39 is 7.82 Å². The first-order chi connectivity index (χ1) is 8.90. The van der Waals surface area contributed by atoms with Gasteiger partial charge in [-0.1, -0.05) is 0 Å². The average molecular weight is 289 g/mol. The predicted molar refractivity (Wildman–Crippen MR) is 75.8 cm³/mol. The maximum atomic E-state index is 12.3. The second-order valence-corrected chi connectivity index (χ2v) is 5.89. The summed E-state index contributed by atoms with van der Waals surface area (Å²) in [7, 11) is -3.57. The van der Waals surface area contributed by atoms with Crippen LogP contribution in [0.5, 0.6) is 0 Å². The van der Waals surface area contributed by atoms with Crippen molar-refractivity contribution in [1.29, 1.82) is 0 Å². The summed E-state index contributed by atoms with van der Waals surface area (Å²) in [6, 6.07) is 0. The van der Waals surface area contributed by atoms with Crippen LogP contribution in [-0.2, 0) is 18.1 Å². The van der Waals surface area contributed by atoms with Crippen molar-refractivity contribution in [3.8, 4) is 0 Å². The van der Waals surface area contributed by atoms with Gasteiger partial charge < -0.3 is 4.52 Å². The number of allylic oxidation sites excluding steroid dienone is 1. The molecule has 19 heavy (non-hydrogen) atoms. The summed E-state index contributed by atoms with van der Waals surface area (Å²) >= 11 is 0. The maximum absolute atomic E-state index is 12.3. The normalized spacial score (nSPS) is 15.6. The van der Waals surface area contributed by atoms with E-state index in [1.165, 1.54) is 0 Å². The molecule has 7 heteroatoms. The second kappa shape index (κ2) is 6.92. The van der Waals surface area contributed by atoms with Gasteiger partial charge >= 0.3 is 13.7 Å². The molecule has 1 heterocycles. The van der Waals surface area contributed by atoms with Crippen LogP contribution < -0.4 is 9.98 Å². The van der Waals surface area contributed by atoms with E-state index in [1.54, 1.807) is 19.9 Å². The molecule has 0 saturated heterocycles. The third-order valence-electron chi connectivity index (χ3n) is 2.22. The SMILES string of the molecule is CCOP(=O)(OCC)OC1=CC(C)=[N+]=C(C(C)C)N1. The van der Waals surface area contributed by atoms with Gasteiger partial charge in [-0.25, -0.2) is 9.23 Å². The highest BCUT2D eigenvalue weighted by Gasteiger charge is 2.33. The Morgan fingerprint density at radius 1 is 1.32 bits per heavy atom. The van der Waals surface area contributed by atoms with Crippen LogP contribution in [-0.4, -0.2) is 24.8 Å². The van der Waals surface area contributed by atoms with Crippen LogP contribution in [0.3, 0.4) is 0 Å². The topological polar surface area (TPSA) is 70.9 Å². The van der Waals surface area contributed by atoms with Gasteiger partial charge in [0.15, 0.2) is 0 Å². The zero-order valence-electron chi connectivity index (χ0n) is 12.1. The highest BCUT2D eigenvalue weighted by Crippen LogP contribution is 2.50. The molecule has 108 valence electrons. The Morgan fingerprint density at radius 3 is 2.37 bits per heavy atom. The van der Waals surface area contributed by atoms with E-state index in [-0.39, 0.29) is 19.1 Å². The first-order valence-corrected chi connectivity index (χ1v) is 7.85. The van der Waals surface area contributed by atoms with Crippen molar-refractivity contribution in [2.75, 3.05) is 13.2 Å². The van der Waals surface area contributed by atoms with Crippen molar-refractivity contribution in [2.45, 2.75) is 34.6 Å². The molecular formula is C12H22N2O4P+. The van der Waals surface area contributed by atoms with Crippen molar-refractivity contribution < 1.29 is 18.1 Å². The smallest absolute Gasteiger partial charge is 0.367 e. The van der Waals surface area contributed by atoms with Crippen molar-refractivity contribution >= 4 is 19.4 Å². The molecule has 0 aliphatic carbocycles. The summed E-state index contributed by atoms with van der Waals surface area (Å²) in [5.74, 6) is 1.30. The number of nitrogens with one attached hydrogen (secondary N) is 1. The lowest BCUT2D eigenvalue weighted by Gasteiger charge is -2.17. The number of phosphoric ester groups is 1. The van der Waals surface area contributed by atoms with Gasteiger partial charge in [0, 0.05) is 6.92 Å². The van der Waals surface area contributed by atoms with Crippen LogP contribution in [0.1, 0.15) is 34.6 Å². The molecule has 6 nitrogen and oxygen atoms in total. The lowest BCUT2D eigenvalue weighted by atomic mass is 10.2. The summed E-state index contributed by atoms with van der Waals surface area (Å²) in [6.07, 6.45) is 1.66. The summed E-state index contributed by atoms with van der Waals surface area (Å²) < 4.78 is 32.2. The molecule has 0 aromatic heterocycles. The fourth-order valence-corrected chi connectivity index (χ4v) is 2.60. The number of hydrogen-bond donors (Lipinski definition) is 1. The van der Waals surface area contributed by atoms with Crippen molar-refractivity contribution in [3.05, 3.63) is 12.0 Å². The van der Waals surface area contributed by atoms with E-state index >= 15 is 0 Å². The number of hydrogen-bond acceptors (Lipinski definition) is 5. The van der Waals surface area contributed by atoms with Crippen LogP contribution in [0.2, 0.25) is 0 Å². The molecule has 0 unspecified atom stereocenters. The van der Waals surface area contributed by atoms with Crippen molar-refractivity contribution in [2.24, 2.45) is 5.92 Å². The highest BCUT2D eigenvalue weighted by atomic mass is 31.2. The van der Waals surface area contributed by atoms with E-state index in [2.05, 4.69) is 9.98 Å². The van der Waals surface area contributed by atoms with E-state index in [0.29, 0.717) is 5.88 Å². The van der Waals surface area contributed by atoms with Crippen LogP contribution in [0.15, 0.2) is 12.0 Å². The quantitative estimate of drug-likeness (QED) is 0.574. The summed E-state index contributed by atoms with van der Waals surface area (Å²) in [5.41, 5.74) is 0.775. The fourth-order valence-electron chi connectivity index (χ4n) is 1.45. The average Bonchev–Trinajstić information content (AvgIpc) is 2.28. The monoisotopic (exact) mass is 289 g/mol. The molecule has 0 aromatic carbocycles.